The normalized spacial score (nSPS) is 16.2. The lowest BCUT2D eigenvalue weighted by molar-refractivity contribution is -0.132. The largest absolute Gasteiger partial charge is 0.495 e. The molecule has 2 aromatic carbocycles. The monoisotopic (exact) mass is 491 g/mol. The van der Waals surface area contributed by atoms with Crippen LogP contribution in [0.3, 0.4) is 0 Å². The molecule has 9 heteroatoms. The Morgan fingerprint density at radius 1 is 1.17 bits per heavy atom. The van der Waals surface area contributed by atoms with Crippen LogP contribution in [0.25, 0.3) is 22.4 Å². The van der Waals surface area contributed by atoms with Crippen LogP contribution in [0.5, 0.6) is 5.75 Å². The Labute approximate surface area is 207 Å². The standard InChI is InChI=1S/C26H29N5O3S/c1-4-18-9-7-8-14-29(18)23(32)16-35-26-28-27-25-30(21-15-17(2)12-13-22(21)34-3)24(33)19-10-5-6-11-20(19)31(25)26/h5-6,10-13,15,18H,4,7-9,14,16H2,1-3H3. The van der Waals surface area contributed by atoms with Crippen molar-refractivity contribution >= 4 is 34.3 Å². The van der Waals surface area contributed by atoms with E-state index in [1.54, 1.807) is 17.7 Å². The summed E-state index contributed by atoms with van der Waals surface area (Å²) in [6, 6.07) is 13.4. The molecule has 0 bridgehead atoms. The number of methoxy groups -OCH3 is 1. The van der Waals surface area contributed by atoms with Crippen molar-refractivity contribution in [1.29, 1.82) is 0 Å². The Kier molecular flexibility index (Phi) is 6.51. The molecule has 1 fully saturated rings. The Morgan fingerprint density at radius 3 is 2.80 bits per heavy atom. The molecular weight excluding hydrogens is 462 g/mol. The zero-order valence-electron chi connectivity index (χ0n) is 20.2. The molecule has 0 aliphatic carbocycles. The maximum Gasteiger partial charge on any atom is 0.267 e. The summed E-state index contributed by atoms with van der Waals surface area (Å²) in [5, 5.41) is 9.94. The average molecular weight is 492 g/mol. The summed E-state index contributed by atoms with van der Waals surface area (Å²) in [6.45, 7) is 4.92. The van der Waals surface area contributed by atoms with Gasteiger partial charge in [0, 0.05) is 12.6 Å². The van der Waals surface area contributed by atoms with Crippen LogP contribution >= 0.6 is 11.8 Å². The van der Waals surface area contributed by atoms with Gasteiger partial charge < -0.3 is 9.64 Å². The van der Waals surface area contributed by atoms with Gasteiger partial charge in [-0.1, -0.05) is 36.9 Å². The molecule has 1 saturated heterocycles. The maximum absolute atomic E-state index is 13.6. The fraction of sp³-hybridized carbons (Fsp3) is 0.385. The maximum atomic E-state index is 13.6. The Bertz CT molecular complexity index is 1460. The van der Waals surface area contributed by atoms with Crippen molar-refractivity contribution in [2.75, 3.05) is 19.4 Å². The highest BCUT2D eigenvalue weighted by molar-refractivity contribution is 7.99. The Hall–Kier alpha value is -3.33. The van der Waals surface area contributed by atoms with Crippen molar-refractivity contribution < 1.29 is 9.53 Å². The molecule has 1 aliphatic rings. The minimum Gasteiger partial charge on any atom is -0.495 e. The Balaban J connectivity index is 1.61. The molecule has 1 aliphatic heterocycles. The molecule has 1 atom stereocenters. The summed E-state index contributed by atoms with van der Waals surface area (Å²) in [6.07, 6.45) is 4.27. The second-order valence-electron chi connectivity index (χ2n) is 8.88. The summed E-state index contributed by atoms with van der Waals surface area (Å²) in [7, 11) is 1.58. The number of rotatable bonds is 6. The van der Waals surface area contributed by atoms with Crippen LogP contribution < -0.4 is 10.3 Å². The Morgan fingerprint density at radius 2 is 2.00 bits per heavy atom. The van der Waals surface area contributed by atoms with Crippen LogP contribution in [-0.4, -0.2) is 55.4 Å². The average Bonchev–Trinajstić information content (AvgIpc) is 3.31. The van der Waals surface area contributed by atoms with Crippen LogP contribution in [0.15, 0.2) is 52.4 Å². The highest BCUT2D eigenvalue weighted by Gasteiger charge is 2.26. The van der Waals surface area contributed by atoms with E-state index >= 15 is 0 Å². The lowest BCUT2D eigenvalue weighted by Gasteiger charge is -2.35. The number of aromatic nitrogens is 4. The molecule has 4 aromatic rings. The predicted molar refractivity (Wildman–Crippen MR) is 138 cm³/mol. The van der Waals surface area contributed by atoms with Gasteiger partial charge in [0.05, 0.1) is 29.5 Å². The predicted octanol–water partition coefficient (Wildman–Crippen LogP) is 4.23. The van der Waals surface area contributed by atoms with E-state index in [1.165, 1.54) is 18.2 Å². The first kappa shape index (κ1) is 23.4. The number of hydrogen-bond donors (Lipinski definition) is 0. The van der Waals surface area contributed by atoms with E-state index in [1.807, 2.05) is 52.6 Å². The lowest BCUT2D eigenvalue weighted by atomic mass is 10.0. The van der Waals surface area contributed by atoms with Crippen molar-refractivity contribution in [3.63, 3.8) is 0 Å². The van der Waals surface area contributed by atoms with Crippen LogP contribution in [0.2, 0.25) is 0 Å². The van der Waals surface area contributed by atoms with E-state index in [0.29, 0.717) is 39.3 Å². The molecule has 1 amide bonds. The molecule has 182 valence electrons. The van der Waals surface area contributed by atoms with Crippen LogP contribution in [0, 0.1) is 6.92 Å². The van der Waals surface area contributed by atoms with Crippen LogP contribution in [0.4, 0.5) is 0 Å². The van der Waals surface area contributed by atoms with Gasteiger partial charge in [0.1, 0.15) is 5.75 Å². The number of likely N-dealkylation sites (tertiary alicyclic amines) is 1. The summed E-state index contributed by atoms with van der Waals surface area (Å²) >= 11 is 1.36. The van der Waals surface area contributed by atoms with Crippen LogP contribution in [0.1, 0.15) is 38.2 Å². The zero-order chi connectivity index (χ0) is 24.5. The number of amides is 1. The van der Waals surface area contributed by atoms with Crippen molar-refractivity contribution in [2.24, 2.45) is 0 Å². The van der Waals surface area contributed by atoms with E-state index in [9.17, 15) is 9.59 Å². The van der Waals surface area contributed by atoms with Gasteiger partial charge in [0.25, 0.3) is 5.56 Å². The summed E-state index contributed by atoms with van der Waals surface area (Å²) in [4.78, 5) is 28.8. The highest BCUT2D eigenvalue weighted by Crippen LogP contribution is 2.28. The van der Waals surface area contributed by atoms with Crippen molar-refractivity contribution in [3.05, 3.63) is 58.4 Å². The van der Waals surface area contributed by atoms with Gasteiger partial charge in [-0.05, 0) is 62.4 Å². The molecule has 5 rings (SSSR count). The fourth-order valence-corrected chi connectivity index (χ4v) is 5.75. The number of thioether (sulfide) groups is 1. The van der Waals surface area contributed by atoms with E-state index in [2.05, 4.69) is 17.1 Å². The third-order valence-electron chi connectivity index (χ3n) is 6.71. The quantitative estimate of drug-likeness (QED) is 0.376. The first-order chi connectivity index (χ1) is 17.0. The van der Waals surface area contributed by atoms with Crippen molar-refractivity contribution in [1.82, 2.24) is 24.1 Å². The number of hydrogen-bond acceptors (Lipinski definition) is 6. The van der Waals surface area contributed by atoms with Gasteiger partial charge >= 0.3 is 0 Å². The molecule has 35 heavy (non-hydrogen) atoms. The minimum absolute atomic E-state index is 0.122. The summed E-state index contributed by atoms with van der Waals surface area (Å²) in [5.74, 6) is 1.35. The molecule has 8 nitrogen and oxygen atoms in total. The molecule has 0 spiro atoms. The van der Waals surface area contributed by atoms with Crippen molar-refractivity contribution in [2.45, 2.75) is 50.7 Å². The minimum atomic E-state index is -0.198. The van der Waals surface area contributed by atoms with Crippen LogP contribution in [-0.2, 0) is 4.79 Å². The van der Waals surface area contributed by atoms with Gasteiger partial charge in [-0.2, -0.15) is 0 Å². The smallest absolute Gasteiger partial charge is 0.267 e. The molecular formula is C26H29N5O3S. The number of ether oxygens (including phenoxy) is 1. The topological polar surface area (TPSA) is 81.7 Å². The number of fused-ring (bicyclic) bond motifs is 3. The van der Waals surface area contributed by atoms with Crippen molar-refractivity contribution in [3.8, 4) is 11.4 Å². The van der Waals surface area contributed by atoms with E-state index in [4.69, 9.17) is 4.74 Å². The fourth-order valence-electron chi connectivity index (χ4n) is 4.93. The lowest BCUT2D eigenvalue weighted by Crippen LogP contribution is -2.44. The SMILES string of the molecule is CCC1CCCCN1C(=O)CSc1nnc2n(-c3cc(C)ccc3OC)c(=O)c3ccccc3n12. The second-order valence-corrected chi connectivity index (χ2v) is 9.83. The number of aryl methyl sites for hydroxylation is 1. The van der Waals surface area contributed by atoms with Gasteiger partial charge in [-0.3, -0.25) is 14.0 Å². The molecule has 0 N–H and O–H groups in total. The molecule has 0 radical (unpaired) electrons. The van der Waals surface area contributed by atoms with E-state index < -0.39 is 0 Å². The highest BCUT2D eigenvalue weighted by atomic mass is 32.2. The number of benzene rings is 2. The summed E-state index contributed by atoms with van der Waals surface area (Å²) < 4.78 is 8.98. The van der Waals surface area contributed by atoms with Gasteiger partial charge in [0.15, 0.2) is 5.16 Å². The van der Waals surface area contributed by atoms with Gasteiger partial charge in [-0.15, -0.1) is 10.2 Å². The zero-order valence-corrected chi connectivity index (χ0v) is 21.0. The van der Waals surface area contributed by atoms with Gasteiger partial charge in [0.2, 0.25) is 11.7 Å². The second kappa shape index (κ2) is 9.73. The number of para-hydroxylation sites is 1. The van der Waals surface area contributed by atoms with E-state index in [0.717, 1.165) is 31.4 Å². The first-order valence-electron chi connectivity index (χ1n) is 12.0. The number of carbonyl (C=O) groups is 1. The molecule has 1 unspecified atom stereocenters. The third-order valence-corrected chi connectivity index (χ3v) is 7.63. The number of carbonyl (C=O) groups excluding carboxylic acids is 1. The number of piperidine rings is 1. The molecule has 0 saturated carbocycles. The summed E-state index contributed by atoms with van der Waals surface area (Å²) in [5.41, 5.74) is 2.11. The van der Waals surface area contributed by atoms with E-state index in [-0.39, 0.29) is 17.2 Å². The molecule has 3 heterocycles. The van der Waals surface area contributed by atoms with Gasteiger partial charge in [-0.25, -0.2) is 4.57 Å². The third kappa shape index (κ3) is 4.18. The number of nitrogens with zero attached hydrogens (tertiary/aromatic N) is 5. The first-order valence-corrected chi connectivity index (χ1v) is 13.0. The molecule has 2 aromatic heterocycles.